The maximum Gasteiger partial charge on any atom is 0.472 e. The summed E-state index contributed by atoms with van der Waals surface area (Å²) in [5, 5.41) is 3.40. The summed E-state index contributed by atoms with van der Waals surface area (Å²) in [4.78, 5) is 9.74. The molecule has 5 nitrogen and oxygen atoms in total. The zero-order valence-corrected chi connectivity index (χ0v) is 20.6. The van der Waals surface area contributed by atoms with E-state index in [9.17, 15) is 9.46 Å². The highest BCUT2D eigenvalue weighted by Crippen LogP contribution is 2.43. The quantitative estimate of drug-likeness (QED) is 0.141. The molecule has 30 heavy (non-hydrogen) atoms. The summed E-state index contributed by atoms with van der Waals surface area (Å²) in [6, 6.07) is 0.539. The maximum atomic E-state index is 11.9. The van der Waals surface area contributed by atoms with Gasteiger partial charge in [0.2, 0.25) is 0 Å². The fourth-order valence-corrected chi connectivity index (χ4v) is 5.00. The van der Waals surface area contributed by atoms with Crippen molar-refractivity contribution in [2.24, 2.45) is 0 Å². The lowest BCUT2D eigenvalue weighted by atomic mass is 9.96. The first-order valence-electron chi connectivity index (χ1n) is 13.0. The van der Waals surface area contributed by atoms with Gasteiger partial charge in [-0.2, -0.15) is 0 Å². The number of hydrogen-bond acceptors (Lipinski definition) is 4. The number of hydrogen-bond donors (Lipinski definition) is 2. The monoisotopic (exact) mass is 447 g/mol. The molecule has 0 bridgehead atoms. The zero-order chi connectivity index (χ0) is 21.8. The minimum atomic E-state index is -3.89. The molecule has 180 valence electrons. The van der Waals surface area contributed by atoms with Gasteiger partial charge < -0.3 is 10.2 Å². The van der Waals surface area contributed by atoms with Crippen LogP contribution in [0.2, 0.25) is 0 Å². The van der Waals surface area contributed by atoms with Gasteiger partial charge in [0.05, 0.1) is 13.2 Å². The molecule has 0 heterocycles. The summed E-state index contributed by atoms with van der Waals surface area (Å²) in [6.45, 7) is 3.41. The molecule has 0 aromatic rings. The predicted molar refractivity (Wildman–Crippen MR) is 127 cm³/mol. The maximum absolute atomic E-state index is 11.9. The van der Waals surface area contributed by atoms with E-state index < -0.39 is 7.82 Å². The van der Waals surface area contributed by atoms with Gasteiger partial charge in [0.15, 0.2) is 0 Å². The van der Waals surface area contributed by atoms with Crippen LogP contribution in [0.25, 0.3) is 0 Å². The Hall–Kier alpha value is 0.0700. The van der Waals surface area contributed by atoms with E-state index in [1.54, 1.807) is 0 Å². The average molecular weight is 448 g/mol. The van der Waals surface area contributed by atoms with Crippen LogP contribution in [0.3, 0.4) is 0 Å². The van der Waals surface area contributed by atoms with Crippen LogP contribution in [0.4, 0.5) is 0 Å². The molecule has 1 aliphatic rings. The molecule has 1 rings (SSSR count). The lowest BCUT2D eigenvalue weighted by molar-refractivity contribution is 0.146. The first-order valence-corrected chi connectivity index (χ1v) is 14.5. The van der Waals surface area contributed by atoms with E-state index in [1.165, 1.54) is 109 Å². The first-order chi connectivity index (χ1) is 14.6. The molecule has 1 unspecified atom stereocenters. The van der Waals surface area contributed by atoms with E-state index in [1.807, 2.05) is 0 Å². The molecule has 0 aliphatic heterocycles. The minimum Gasteiger partial charge on any atom is -0.312 e. The highest BCUT2D eigenvalue weighted by atomic mass is 31.2. The van der Waals surface area contributed by atoms with Crippen molar-refractivity contribution in [3.63, 3.8) is 0 Å². The van der Waals surface area contributed by atoms with Crippen LogP contribution in [-0.4, -0.2) is 30.7 Å². The predicted octanol–water partition coefficient (Wildman–Crippen LogP) is 7.52. The van der Waals surface area contributed by atoms with Gasteiger partial charge in [0.1, 0.15) is 0 Å². The van der Waals surface area contributed by atoms with Crippen LogP contribution in [0.1, 0.15) is 129 Å². The molecule has 1 atom stereocenters. The fourth-order valence-electron chi connectivity index (χ4n) is 4.24. The summed E-state index contributed by atoms with van der Waals surface area (Å²) in [6.07, 6.45) is 24.4. The molecule has 0 spiro atoms. The Balaban J connectivity index is 1.80. The summed E-state index contributed by atoms with van der Waals surface area (Å²) in [7, 11) is -3.89. The van der Waals surface area contributed by atoms with Gasteiger partial charge in [-0.25, -0.2) is 4.57 Å². The van der Waals surface area contributed by atoms with Crippen molar-refractivity contribution in [2.75, 3.05) is 19.8 Å². The third-order valence-electron chi connectivity index (χ3n) is 6.15. The highest BCUT2D eigenvalue weighted by molar-refractivity contribution is 7.47. The molecular weight excluding hydrogens is 397 g/mol. The molecule has 2 N–H and O–H groups in total. The Bertz CT molecular complexity index is 416. The smallest absolute Gasteiger partial charge is 0.312 e. The summed E-state index contributed by atoms with van der Waals surface area (Å²) < 4.78 is 22.0. The third kappa shape index (κ3) is 17.7. The molecule has 6 heteroatoms. The van der Waals surface area contributed by atoms with Crippen molar-refractivity contribution in [3.05, 3.63) is 0 Å². The number of phosphoric ester groups is 1. The van der Waals surface area contributed by atoms with E-state index in [2.05, 4.69) is 12.2 Å². The van der Waals surface area contributed by atoms with Crippen molar-refractivity contribution in [1.82, 2.24) is 5.32 Å². The largest absolute Gasteiger partial charge is 0.472 e. The van der Waals surface area contributed by atoms with Crippen molar-refractivity contribution >= 4 is 7.82 Å². The summed E-state index contributed by atoms with van der Waals surface area (Å²) in [5.74, 6) is 0. The van der Waals surface area contributed by atoms with Crippen LogP contribution in [0, 0.1) is 0 Å². The van der Waals surface area contributed by atoms with Crippen LogP contribution in [-0.2, 0) is 13.6 Å². The molecule has 1 aliphatic carbocycles. The fraction of sp³-hybridized carbons (Fsp3) is 1.00. The standard InChI is InChI=1S/C24H50NO4P/c1-2-3-4-5-6-7-8-9-10-11-12-13-14-18-22-28-30(26,27)29-23-21-25-24-19-16-15-17-20-24/h24-25H,2-23H2,1H3,(H,26,27). The van der Waals surface area contributed by atoms with E-state index >= 15 is 0 Å². The van der Waals surface area contributed by atoms with Crippen LogP contribution in [0.5, 0.6) is 0 Å². The van der Waals surface area contributed by atoms with Gasteiger partial charge in [-0.3, -0.25) is 9.05 Å². The molecular formula is C24H50NO4P. The molecule has 1 fully saturated rings. The highest BCUT2D eigenvalue weighted by Gasteiger charge is 2.20. The van der Waals surface area contributed by atoms with E-state index in [-0.39, 0.29) is 6.61 Å². The van der Waals surface area contributed by atoms with Crippen molar-refractivity contribution < 1.29 is 18.5 Å². The second kappa shape index (κ2) is 19.7. The average Bonchev–Trinajstić information content (AvgIpc) is 2.75. The van der Waals surface area contributed by atoms with Crippen molar-refractivity contribution in [1.29, 1.82) is 0 Å². The van der Waals surface area contributed by atoms with Crippen molar-refractivity contribution in [3.8, 4) is 0 Å². The van der Waals surface area contributed by atoms with Crippen LogP contribution >= 0.6 is 7.82 Å². The van der Waals surface area contributed by atoms with Crippen LogP contribution < -0.4 is 5.32 Å². The topological polar surface area (TPSA) is 67.8 Å². The van der Waals surface area contributed by atoms with Gasteiger partial charge in [-0.15, -0.1) is 0 Å². The van der Waals surface area contributed by atoms with E-state index in [0.29, 0.717) is 19.2 Å². The Labute approximate surface area is 186 Å². The van der Waals surface area contributed by atoms with Crippen molar-refractivity contribution in [2.45, 2.75) is 135 Å². The van der Waals surface area contributed by atoms with Gasteiger partial charge in [-0.1, -0.05) is 110 Å². The molecule has 1 saturated carbocycles. The minimum absolute atomic E-state index is 0.225. The number of phosphoric acid groups is 1. The summed E-state index contributed by atoms with van der Waals surface area (Å²) in [5.41, 5.74) is 0. The molecule has 0 saturated heterocycles. The van der Waals surface area contributed by atoms with Gasteiger partial charge in [0.25, 0.3) is 0 Å². The number of nitrogens with one attached hydrogen (secondary N) is 1. The van der Waals surface area contributed by atoms with Gasteiger partial charge in [-0.05, 0) is 19.3 Å². The molecule has 0 radical (unpaired) electrons. The van der Waals surface area contributed by atoms with Gasteiger partial charge >= 0.3 is 7.82 Å². The number of unbranched alkanes of at least 4 members (excludes halogenated alkanes) is 13. The molecule has 0 aromatic heterocycles. The number of rotatable bonds is 21. The third-order valence-corrected chi connectivity index (χ3v) is 7.16. The molecule has 0 amide bonds. The summed E-state index contributed by atoms with van der Waals surface area (Å²) >= 11 is 0. The molecule has 0 aromatic carbocycles. The zero-order valence-electron chi connectivity index (χ0n) is 19.8. The first kappa shape index (κ1) is 28.1. The normalized spacial score (nSPS) is 17.3. The van der Waals surface area contributed by atoms with Crippen LogP contribution in [0.15, 0.2) is 0 Å². The SMILES string of the molecule is CCCCCCCCCCCCCCCCOP(=O)(O)OCCNC1CCCCC1. The lowest BCUT2D eigenvalue weighted by Gasteiger charge is -2.23. The Morgan fingerprint density at radius 2 is 1.20 bits per heavy atom. The second-order valence-corrected chi connectivity index (χ2v) is 10.5. The Morgan fingerprint density at radius 1 is 0.733 bits per heavy atom. The Morgan fingerprint density at radius 3 is 1.73 bits per heavy atom. The second-order valence-electron chi connectivity index (χ2n) is 9.02. The Kier molecular flexibility index (Phi) is 18.5. The van der Waals surface area contributed by atoms with Gasteiger partial charge in [0, 0.05) is 12.6 Å². The lowest BCUT2D eigenvalue weighted by Crippen LogP contribution is -2.33. The van der Waals surface area contributed by atoms with E-state index in [4.69, 9.17) is 9.05 Å². The van der Waals surface area contributed by atoms with E-state index in [0.717, 1.165) is 12.8 Å².